The van der Waals surface area contributed by atoms with Gasteiger partial charge < -0.3 is 14.2 Å². The van der Waals surface area contributed by atoms with E-state index in [1.54, 1.807) is 0 Å². The second kappa shape index (κ2) is 5.84. The van der Waals surface area contributed by atoms with E-state index in [1.165, 1.54) is 11.4 Å². The Labute approximate surface area is 136 Å². The SMILES string of the molecule is Cc1ccc(C2N(c3ccccc3)CCN2c2ccccc2)o1. The van der Waals surface area contributed by atoms with Gasteiger partial charge in [0.1, 0.15) is 11.5 Å². The van der Waals surface area contributed by atoms with Crippen LogP contribution in [0, 0.1) is 6.92 Å². The van der Waals surface area contributed by atoms with Gasteiger partial charge in [0, 0.05) is 24.5 Å². The highest BCUT2D eigenvalue weighted by Gasteiger charge is 2.35. The highest BCUT2D eigenvalue weighted by atomic mass is 16.3. The van der Waals surface area contributed by atoms with Gasteiger partial charge in [-0.15, -0.1) is 0 Å². The van der Waals surface area contributed by atoms with E-state index in [9.17, 15) is 0 Å². The van der Waals surface area contributed by atoms with Crippen LogP contribution in [0.5, 0.6) is 0 Å². The molecule has 1 aromatic heterocycles. The molecule has 0 spiro atoms. The third kappa shape index (κ3) is 2.59. The first kappa shape index (κ1) is 13.9. The Bertz CT molecular complexity index is 719. The van der Waals surface area contributed by atoms with Gasteiger partial charge in [0.15, 0.2) is 6.17 Å². The van der Waals surface area contributed by atoms with Gasteiger partial charge >= 0.3 is 0 Å². The van der Waals surface area contributed by atoms with Gasteiger partial charge in [-0.05, 0) is 43.3 Å². The zero-order valence-corrected chi connectivity index (χ0v) is 13.2. The first-order valence-electron chi connectivity index (χ1n) is 8.03. The third-order valence-electron chi connectivity index (χ3n) is 4.36. The lowest BCUT2D eigenvalue weighted by Gasteiger charge is -2.31. The number of anilines is 2. The second-order valence-electron chi connectivity index (χ2n) is 5.88. The molecule has 0 saturated carbocycles. The number of benzene rings is 2. The highest BCUT2D eigenvalue weighted by molar-refractivity contribution is 5.57. The van der Waals surface area contributed by atoms with Gasteiger partial charge in [0.25, 0.3) is 0 Å². The number of para-hydroxylation sites is 2. The lowest BCUT2D eigenvalue weighted by molar-refractivity contribution is 0.446. The van der Waals surface area contributed by atoms with Gasteiger partial charge in [0.05, 0.1) is 0 Å². The number of furan rings is 1. The molecule has 0 atom stereocenters. The number of aryl methyl sites for hydroxylation is 1. The van der Waals surface area contributed by atoms with E-state index >= 15 is 0 Å². The Kier molecular flexibility index (Phi) is 3.54. The largest absolute Gasteiger partial charge is 0.462 e. The summed E-state index contributed by atoms with van der Waals surface area (Å²) in [5, 5.41) is 0. The molecule has 23 heavy (non-hydrogen) atoms. The molecule has 1 aliphatic heterocycles. The molecule has 0 unspecified atom stereocenters. The van der Waals surface area contributed by atoms with Crippen LogP contribution in [0.1, 0.15) is 17.7 Å². The normalized spacial score (nSPS) is 15.3. The minimum absolute atomic E-state index is 0.0912. The molecule has 0 amide bonds. The van der Waals surface area contributed by atoms with E-state index in [0.29, 0.717) is 0 Å². The van der Waals surface area contributed by atoms with Crippen molar-refractivity contribution in [2.45, 2.75) is 13.1 Å². The number of rotatable bonds is 3. The van der Waals surface area contributed by atoms with Crippen LogP contribution in [0.25, 0.3) is 0 Å². The second-order valence-corrected chi connectivity index (χ2v) is 5.88. The Morgan fingerprint density at radius 3 is 1.70 bits per heavy atom. The lowest BCUT2D eigenvalue weighted by Crippen LogP contribution is -2.30. The molecular formula is C20H20N2O. The van der Waals surface area contributed by atoms with Gasteiger partial charge in [0.2, 0.25) is 0 Å². The topological polar surface area (TPSA) is 19.6 Å². The standard InChI is InChI=1S/C20H20N2O/c1-16-12-13-19(23-16)20-21(17-8-4-2-5-9-17)14-15-22(20)18-10-6-3-7-11-18/h2-13,20H,14-15H2,1H3. The van der Waals surface area contributed by atoms with E-state index in [2.05, 4.69) is 76.5 Å². The predicted molar refractivity (Wildman–Crippen MR) is 93.8 cm³/mol. The fraction of sp³-hybridized carbons (Fsp3) is 0.200. The highest BCUT2D eigenvalue weighted by Crippen LogP contribution is 2.38. The molecule has 1 aliphatic rings. The van der Waals surface area contributed by atoms with Crippen LogP contribution in [0.15, 0.2) is 77.2 Å². The van der Waals surface area contributed by atoms with E-state index in [1.807, 2.05) is 13.0 Å². The average Bonchev–Trinajstić information content (AvgIpc) is 3.22. The fourth-order valence-electron chi connectivity index (χ4n) is 3.31. The monoisotopic (exact) mass is 304 g/mol. The first-order chi connectivity index (χ1) is 11.3. The molecule has 116 valence electrons. The molecule has 3 aromatic rings. The summed E-state index contributed by atoms with van der Waals surface area (Å²) in [5.41, 5.74) is 2.45. The van der Waals surface area contributed by atoms with Gasteiger partial charge in [-0.25, -0.2) is 0 Å². The van der Waals surface area contributed by atoms with Gasteiger partial charge in [-0.2, -0.15) is 0 Å². The minimum atomic E-state index is 0.0912. The van der Waals surface area contributed by atoms with Crippen molar-refractivity contribution in [3.63, 3.8) is 0 Å². The zero-order chi connectivity index (χ0) is 15.6. The van der Waals surface area contributed by atoms with Crippen LogP contribution in [0.3, 0.4) is 0 Å². The molecule has 0 N–H and O–H groups in total. The maximum Gasteiger partial charge on any atom is 0.162 e. The maximum atomic E-state index is 5.99. The molecule has 0 radical (unpaired) electrons. The fourth-order valence-corrected chi connectivity index (χ4v) is 3.31. The average molecular weight is 304 g/mol. The van der Waals surface area contributed by atoms with E-state index < -0.39 is 0 Å². The Morgan fingerprint density at radius 2 is 1.26 bits per heavy atom. The summed E-state index contributed by atoms with van der Waals surface area (Å²) in [6, 6.07) is 25.3. The zero-order valence-electron chi connectivity index (χ0n) is 13.2. The summed E-state index contributed by atoms with van der Waals surface area (Å²) in [4.78, 5) is 4.82. The summed E-state index contributed by atoms with van der Waals surface area (Å²) in [6.07, 6.45) is 0.0912. The van der Waals surface area contributed by atoms with Crippen LogP contribution < -0.4 is 9.80 Å². The number of hydrogen-bond donors (Lipinski definition) is 0. The minimum Gasteiger partial charge on any atom is -0.462 e. The molecule has 1 saturated heterocycles. The van der Waals surface area contributed by atoms with E-state index in [-0.39, 0.29) is 6.17 Å². The van der Waals surface area contributed by atoms with Crippen molar-refractivity contribution in [2.24, 2.45) is 0 Å². The smallest absolute Gasteiger partial charge is 0.162 e. The van der Waals surface area contributed by atoms with Crippen LogP contribution in [0.2, 0.25) is 0 Å². The number of nitrogens with zero attached hydrogens (tertiary/aromatic N) is 2. The molecule has 3 heteroatoms. The Balaban J connectivity index is 1.76. The first-order valence-corrected chi connectivity index (χ1v) is 8.03. The molecule has 0 aliphatic carbocycles. The van der Waals surface area contributed by atoms with Crippen LogP contribution >= 0.6 is 0 Å². The van der Waals surface area contributed by atoms with Gasteiger partial charge in [-0.3, -0.25) is 0 Å². The molecule has 2 aromatic carbocycles. The van der Waals surface area contributed by atoms with Crippen molar-refractivity contribution >= 4 is 11.4 Å². The third-order valence-corrected chi connectivity index (χ3v) is 4.36. The van der Waals surface area contributed by atoms with Crippen molar-refractivity contribution in [2.75, 3.05) is 22.9 Å². The molecule has 4 rings (SSSR count). The molecular weight excluding hydrogens is 284 g/mol. The van der Waals surface area contributed by atoms with Crippen LogP contribution in [0.4, 0.5) is 11.4 Å². The number of hydrogen-bond acceptors (Lipinski definition) is 3. The van der Waals surface area contributed by atoms with Gasteiger partial charge in [-0.1, -0.05) is 36.4 Å². The van der Waals surface area contributed by atoms with Crippen molar-refractivity contribution in [1.82, 2.24) is 0 Å². The summed E-state index contributed by atoms with van der Waals surface area (Å²) in [6.45, 7) is 3.95. The van der Waals surface area contributed by atoms with E-state index in [0.717, 1.165) is 24.6 Å². The van der Waals surface area contributed by atoms with Crippen molar-refractivity contribution < 1.29 is 4.42 Å². The Morgan fingerprint density at radius 1 is 0.739 bits per heavy atom. The summed E-state index contributed by atoms with van der Waals surface area (Å²) in [5.74, 6) is 1.95. The summed E-state index contributed by atoms with van der Waals surface area (Å²) in [7, 11) is 0. The maximum absolute atomic E-state index is 5.99. The van der Waals surface area contributed by atoms with E-state index in [4.69, 9.17) is 4.42 Å². The summed E-state index contributed by atoms with van der Waals surface area (Å²) >= 11 is 0. The Hall–Kier alpha value is -2.68. The van der Waals surface area contributed by atoms with Crippen LogP contribution in [-0.2, 0) is 0 Å². The van der Waals surface area contributed by atoms with Crippen LogP contribution in [-0.4, -0.2) is 13.1 Å². The van der Waals surface area contributed by atoms with Crippen molar-refractivity contribution in [3.8, 4) is 0 Å². The summed E-state index contributed by atoms with van der Waals surface area (Å²) < 4.78 is 5.99. The quantitative estimate of drug-likeness (QED) is 0.704. The lowest BCUT2D eigenvalue weighted by atomic mass is 10.2. The molecule has 2 heterocycles. The molecule has 0 bridgehead atoms. The van der Waals surface area contributed by atoms with Crippen molar-refractivity contribution in [3.05, 3.63) is 84.3 Å². The predicted octanol–water partition coefficient (Wildman–Crippen LogP) is 4.61. The molecule has 3 nitrogen and oxygen atoms in total. The molecule has 1 fully saturated rings. The van der Waals surface area contributed by atoms with Crippen molar-refractivity contribution in [1.29, 1.82) is 0 Å².